The summed E-state index contributed by atoms with van der Waals surface area (Å²) in [5.74, 6) is 0.749. The Morgan fingerprint density at radius 2 is 1.87 bits per heavy atom. The van der Waals surface area contributed by atoms with Gasteiger partial charge in [0.2, 0.25) is 0 Å². The topological polar surface area (TPSA) is 60.7 Å². The number of aryl methyl sites for hydroxylation is 1. The van der Waals surface area contributed by atoms with Gasteiger partial charge >= 0.3 is 6.18 Å². The van der Waals surface area contributed by atoms with Crippen molar-refractivity contribution in [3.05, 3.63) is 77.1 Å². The third-order valence-corrected chi connectivity index (χ3v) is 5.38. The van der Waals surface area contributed by atoms with Crippen molar-refractivity contribution in [2.75, 3.05) is 12.0 Å². The lowest BCUT2D eigenvalue weighted by Crippen LogP contribution is -2.22. The van der Waals surface area contributed by atoms with Crippen molar-refractivity contribution in [2.45, 2.75) is 12.7 Å². The summed E-state index contributed by atoms with van der Waals surface area (Å²) >= 11 is 1.61. The van der Waals surface area contributed by atoms with E-state index >= 15 is 0 Å². The van der Waals surface area contributed by atoms with E-state index in [1.54, 1.807) is 42.4 Å². The molecule has 0 saturated carbocycles. The highest BCUT2D eigenvalue weighted by Gasteiger charge is 2.30. The van der Waals surface area contributed by atoms with Gasteiger partial charge in [-0.15, -0.1) is 0 Å². The van der Waals surface area contributed by atoms with E-state index in [1.807, 2.05) is 6.26 Å². The second kappa shape index (κ2) is 8.50. The third kappa shape index (κ3) is 4.32. The third-order valence-electron chi connectivity index (χ3n) is 4.79. The zero-order chi connectivity index (χ0) is 22.0. The van der Waals surface area contributed by atoms with E-state index < -0.39 is 11.7 Å². The molecule has 0 amide bonds. The van der Waals surface area contributed by atoms with Gasteiger partial charge in [0.05, 0.1) is 28.7 Å². The Hall–Kier alpha value is -3.20. The summed E-state index contributed by atoms with van der Waals surface area (Å²) in [6, 6.07) is 9.84. The molecule has 0 atom stereocenters. The number of alkyl halides is 3. The van der Waals surface area contributed by atoms with Crippen molar-refractivity contribution in [2.24, 2.45) is 0 Å². The van der Waals surface area contributed by atoms with Gasteiger partial charge in [-0.2, -0.15) is 24.9 Å². The maximum Gasteiger partial charge on any atom is 0.416 e. The Morgan fingerprint density at radius 3 is 2.52 bits per heavy atom. The summed E-state index contributed by atoms with van der Waals surface area (Å²) in [6.07, 6.45) is 2.26. The van der Waals surface area contributed by atoms with Crippen LogP contribution >= 0.6 is 11.8 Å². The number of hydrogen-bond donors (Lipinski definition) is 0. The van der Waals surface area contributed by atoms with Crippen LogP contribution in [-0.4, -0.2) is 31.5 Å². The molecule has 158 valence electrons. The molecule has 0 bridgehead atoms. The van der Waals surface area contributed by atoms with Crippen LogP contribution in [0.1, 0.15) is 5.56 Å². The Bertz CT molecular complexity index is 1270. The first-order valence-electron chi connectivity index (χ1n) is 9.35. The van der Waals surface area contributed by atoms with Crippen molar-refractivity contribution < 1.29 is 13.2 Å². The maximum atomic E-state index is 13.1. The number of aromatic nitrogens is 4. The van der Waals surface area contributed by atoms with E-state index in [0.717, 1.165) is 17.9 Å². The molecule has 0 aliphatic rings. The quantitative estimate of drug-likeness (QED) is 0.440. The molecule has 9 heteroatoms. The van der Waals surface area contributed by atoms with Crippen molar-refractivity contribution in [1.29, 1.82) is 0 Å². The molecule has 31 heavy (non-hydrogen) atoms. The number of hydrogen-bond acceptors (Lipinski definition) is 5. The molecule has 4 aromatic rings. The molecular weight excluding hydrogens is 425 g/mol. The monoisotopic (exact) mass is 442 g/mol. The van der Waals surface area contributed by atoms with Gasteiger partial charge in [-0.1, -0.05) is 12.1 Å². The normalized spacial score (nSPS) is 11.7. The van der Waals surface area contributed by atoms with Gasteiger partial charge in [-0.3, -0.25) is 14.3 Å². The standard InChI is InChI=1S/C22H17F3N4OS/c1-31-10-9-29-13-27-20-17(21(29)30)11-18(28-19(20)15-3-2-8-26-12-15)14-4-6-16(7-5-14)22(23,24)25/h2-8,11-13H,9-10H2,1H3. The average molecular weight is 442 g/mol. The molecule has 0 aliphatic heterocycles. The summed E-state index contributed by atoms with van der Waals surface area (Å²) in [6.45, 7) is 0.503. The van der Waals surface area contributed by atoms with Gasteiger partial charge in [0.25, 0.3) is 5.56 Å². The highest BCUT2D eigenvalue weighted by atomic mass is 32.2. The number of nitrogens with zero attached hydrogens (tertiary/aromatic N) is 4. The molecule has 0 fully saturated rings. The number of rotatable bonds is 5. The smallest absolute Gasteiger partial charge is 0.298 e. The molecular formula is C22H17F3N4OS. The van der Waals surface area contributed by atoms with Crippen LogP contribution in [0.3, 0.4) is 0 Å². The summed E-state index contributed by atoms with van der Waals surface area (Å²) in [5, 5.41) is 0.354. The zero-order valence-corrected chi connectivity index (χ0v) is 17.2. The lowest BCUT2D eigenvalue weighted by Gasteiger charge is -2.12. The summed E-state index contributed by atoms with van der Waals surface area (Å²) in [4.78, 5) is 26.3. The van der Waals surface area contributed by atoms with Gasteiger partial charge < -0.3 is 0 Å². The number of benzene rings is 1. The van der Waals surface area contributed by atoms with Gasteiger partial charge in [0.15, 0.2) is 0 Å². The van der Waals surface area contributed by atoms with Crippen LogP contribution in [0.25, 0.3) is 33.4 Å². The predicted octanol–water partition coefficient (Wildman–Crippen LogP) is 4.90. The van der Waals surface area contributed by atoms with Crippen molar-refractivity contribution in [3.8, 4) is 22.5 Å². The molecule has 0 unspecified atom stereocenters. The largest absolute Gasteiger partial charge is 0.416 e. The fourth-order valence-corrected chi connectivity index (χ4v) is 3.58. The SMILES string of the molecule is CSCCn1cnc2c(-c3cccnc3)nc(-c3ccc(C(F)(F)F)cc3)cc2c1=O. The van der Waals surface area contributed by atoms with E-state index in [1.165, 1.54) is 23.0 Å². The Labute approximate surface area is 180 Å². The summed E-state index contributed by atoms with van der Waals surface area (Å²) in [5.41, 5.74) is 1.43. The molecule has 0 N–H and O–H groups in total. The van der Waals surface area contributed by atoms with Crippen molar-refractivity contribution in [3.63, 3.8) is 0 Å². The Balaban J connectivity index is 1.93. The molecule has 1 aromatic carbocycles. The molecule has 3 heterocycles. The molecule has 4 rings (SSSR count). The van der Waals surface area contributed by atoms with E-state index in [0.29, 0.717) is 40.0 Å². The van der Waals surface area contributed by atoms with E-state index in [-0.39, 0.29) is 5.56 Å². The van der Waals surface area contributed by atoms with Crippen LogP contribution < -0.4 is 5.56 Å². The van der Waals surface area contributed by atoms with E-state index in [2.05, 4.69) is 15.0 Å². The minimum absolute atomic E-state index is 0.222. The van der Waals surface area contributed by atoms with Gasteiger partial charge in [0.1, 0.15) is 5.52 Å². The number of fused-ring (bicyclic) bond motifs is 1. The van der Waals surface area contributed by atoms with Crippen LogP contribution in [0, 0.1) is 0 Å². The number of halogens is 3. The maximum absolute atomic E-state index is 13.1. The minimum atomic E-state index is -4.43. The summed E-state index contributed by atoms with van der Waals surface area (Å²) in [7, 11) is 0. The van der Waals surface area contributed by atoms with E-state index in [9.17, 15) is 18.0 Å². The molecule has 5 nitrogen and oxygen atoms in total. The van der Waals surface area contributed by atoms with Crippen molar-refractivity contribution in [1.82, 2.24) is 19.5 Å². The first-order valence-corrected chi connectivity index (χ1v) is 10.7. The van der Waals surface area contributed by atoms with Crippen LogP contribution in [0.15, 0.2) is 66.0 Å². The molecule has 3 aromatic heterocycles. The molecule has 0 spiro atoms. The Morgan fingerprint density at radius 1 is 1.10 bits per heavy atom. The summed E-state index contributed by atoms with van der Waals surface area (Å²) < 4.78 is 40.3. The molecule has 0 saturated heterocycles. The second-order valence-electron chi connectivity index (χ2n) is 6.80. The first kappa shape index (κ1) is 21.0. The zero-order valence-electron chi connectivity index (χ0n) is 16.4. The van der Waals surface area contributed by atoms with Crippen LogP contribution in [0.5, 0.6) is 0 Å². The fourth-order valence-electron chi connectivity index (χ4n) is 3.20. The van der Waals surface area contributed by atoms with E-state index in [4.69, 9.17) is 0 Å². The van der Waals surface area contributed by atoms with Crippen LogP contribution in [-0.2, 0) is 12.7 Å². The Kier molecular flexibility index (Phi) is 5.77. The first-order chi connectivity index (χ1) is 14.9. The van der Waals surface area contributed by atoms with Crippen molar-refractivity contribution >= 4 is 22.7 Å². The minimum Gasteiger partial charge on any atom is -0.298 e. The van der Waals surface area contributed by atoms with Crippen LogP contribution in [0.2, 0.25) is 0 Å². The highest BCUT2D eigenvalue weighted by Crippen LogP contribution is 2.32. The average Bonchev–Trinajstić information content (AvgIpc) is 2.78. The molecule has 0 radical (unpaired) electrons. The van der Waals surface area contributed by atoms with Crippen LogP contribution in [0.4, 0.5) is 13.2 Å². The van der Waals surface area contributed by atoms with Gasteiger partial charge in [0, 0.05) is 35.8 Å². The number of thioether (sulfide) groups is 1. The van der Waals surface area contributed by atoms with Gasteiger partial charge in [-0.05, 0) is 36.6 Å². The van der Waals surface area contributed by atoms with Gasteiger partial charge in [-0.25, -0.2) is 9.97 Å². The number of pyridine rings is 2. The lowest BCUT2D eigenvalue weighted by atomic mass is 10.0. The second-order valence-corrected chi connectivity index (χ2v) is 7.79. The fraction of sp³-hybridized carbons (Fsp3) is 0.182. The predicted molar refractivity (Wildman–Crippen MR) is 116 cm³/mol. The highest BCUT2D eigenvalue weighted by molar-refractivity contribution is 7.98. The molecule has 0 aliphatic carbocycles. The lowest BCUT2D eigenvalue weighted by molar-refractivity contribution is -0.137.